The highest BCUT2D eigenvalue weighted by Gasteiger charge is 2.06. The van der Waals surface area contributed by atoms with Gasteiger partial charge in [-0.2, -0.15) is 5.10 Å². The Hall–Kier alpha value is -2.54. The Balaban J connectivity index is 1.85. The molecule has 0 saturated heterocycles. The van der Waals surface area contributed by atoms with Crippen molar-refractivity contribution in [2.45, 2.75) is 6.92 Å². The second-order valence-electron chi connectivity index (χ2n) is 4.58. The van der Waals surface area contributed by atoms with Crippen LogP contribution in [0.25, 0.3) is 0 Å². The van der Waals surface area contributed by atoms with Crippen molar-refractivity contribution >= 4 is 33.3 Å². The minimum absolute atomic E-state index is 0.461. The van der Waals surface area contributed by atoms with Crippen molar-refractivity contribution in [2.24, 2.45) is 5.10 Å². The molecule has 0 unspecified atom stereocenters. The van der Waals surface area contributed by atoms with Crippen LogP contribution in [0.2, 0.25) is 0 Å². The summed E-state index contributed by atoms with van der Waals surface area (Å²) in [6, 6.07) is 17.6. The molecule has 1 heterocycles. The van der Waals surface area contributed by atoms with Crippen LogP contribution in [0, 0.1) is 0 Å². The number of para-hydroxylation sites is 1. The summed E-state index contributed by atoms with van der Waals surface area (Å²) in [5, 5.41) is 19.1. The Morgan fingerprint density at radius 2 is 1.82 bits per heavy atom. The summed E-state index contributed by atoms with van der Waals surface area (Å²) in [6.07, 6.45) is 0. The summed E-state index contributed by atoms with van der Waals surface area (Å²) in [5.74, 6) is 0.461. The zero-order chi connectivity index (χ0) is 15.4. The molecule has 0 atom stereocenters. The number of anilines is 2. The fraction of sp³-hybridized carbons (Fsp3) is 0.0667. The molecule has 0 radical (unpaired) electrons. The molecule has 3 aromatic rings. The molecule has 0 amide bonds. The van der Waals surface area contributed by atoms with Crippen LogP contribution in [0.4, 0.5) is 11.6 Å². The van der Waals surface area contributed by atoms with Crippen LogP contribution in [-0.2, 0) is 0 Å². The van der Waals surface area contributed by atoms with Gasteiger partial charge in [0.05, 0.1) is 5.71 Å². The molecule has 0 fully saturated rings. The molecule has 3 rings (SSSR count). The highest BCUT2D eigenvalue weighted by atomic mass is 79.9. The maximum absolute atomic E-state index is 4.43. The molecular weight excluding hydrogens is 344 g/mol. The molecule has 22 heavy (non-hydrogen) atoms. The average Bonchev–Trinajstić information content (AvgIpc) is 2.96. The van der Waals surface area contributed by atoms with Gasteiger partial charge in [-0.15, -0.1) is 0 Å². The monoisotopic (exact) mass is 356 g/mol. The maximum atomic E-state index is 4.43. The van der Waals surface area contributed by atoms with E-state index >= 15 is 0 Å². The quantitative estimate of drug-likeness (QED) is 0.727. The molecule has 1 N–H and O–H groups in total. The lowest BCUT2D eigenvalue weighted by atomic mass is 10.1. The van der Waals surface area contributed by atoms with Gasteiger partial charge in [-0.1, -0.05) is 56.2 Å². The Morgan fingerprint density at radius 3 is 2.55 bits per heavy atom. The first kappa shape index (κ1) is 14.4. The van der Waals surface area contributed by atoms with Gasteiger partial charge in [0.1, 0.15) is 0 Å². The van der Waals surface area contributed by atoms with Gasteiger partial charge < -0.3 is 5.32 Å². The summed E-state index contributed by atoms with van der Waals surface area (Å²) in [6.45, 7) is 1.91. The molecule has 2 aromatic carbocycles. The number of nitrogens with zero attached hydrogens (tertiary/aromatic N) is 5. The van der Waals surface area contributed by atoms with Crippen LogP contribution in [0.15, 0.2) is 64.2 Å². The fourth-order valence-electron chi connectivity index (χ4n) is 1.87. The van der Waals surface area contributed by atoms with E-state index in [9.17, 15) is 0 Å². The second-order valence-corrected chi connectivity index (χ2v) is 5.49. The maximum Gasteiger partial charge on any atom is 0.269 e. The Kier molecular flexibility index (Phi) is 4.24. The first-order valence-electron chi connectivity index (χ1n) is 6.64. The molecule has 0 aliphatic carbocycles. The number of hydrogen-bond donors (Lipinski definition) is 1. The van der Waals surface area contributed by atoms with E-state index in [0.29, 0.717) is 5.95 Å². The molecule has 1 aromatic heterocycles. The SMILES string of the molecule is CC(=Nn1nnnc1Nc1ccccc1)c1ccc(Br)cc1. The van der Waals surface area contributed by atoms with Gasteiger partial charge in [0.15, 0.2) is 0 Å². The molecule has 0 bridgehead atoms. The van der Waals surface area contributed by atoms with Crippen molar-refractivity contribution < 1.29 is 0 Å². The van der Waals surface area contributed by atoms with Gasteiger partial charge >= 0.3 is 0 Å². The number of benzene rings is 2. The summed E-state index contributed by atoms with van der Waals surface area (Å²) in [5.41, 5.74) is 2.72. The lowest BCUT2D eigenvalue weighted by molar-refractivity contribution is 0.695. The first-order valence-corrected chi connectivity index (χ1v) is 7.43. The van der Waals surface area contributed by atoms with Crippen molar-refractivity contribution in [3.63, 3.8) is 0 Å². The van der Waals surface area contributed by atoms with Crippen molar-refractivity contribution in [3.8, 4) is 0 Å². The number of halogens is 1. The van der Waals surface area contributed by atoms with Crippen LogP contribution >= 0.6 is 15.9 Å². The summed E-state index contributed by atoms with van der Waals surface area (Å²) < 4.78 is 1.03. The number of tetrazole rings is 1. The largest absolute Gasteiger partial charge is 0.321 e. The standard InChI is InChI=1S/C15H13BrN6/c1-11(12-7-9-13(16)10-8-12)19-22-15(18-20-21-22)17-14-5-3-2-4-6-14/h2-10H,1H3,(H,17,18,21). The van der Waals surface area contributed by atoms with E-state index in [2.05, 4.69) is 41.9 Å². The molecule has 6 nitrogen and oxygen atoms in total. The van der Waals surface area contributed by atoms with E-state index in [-0.39, 0.29) is 0 Å². The van der Waals surface area contributed by atoms with Crippen LogP contribution in [0.3, 0.4) is 0 Å². The zero-order valence-electron chi connectivity index (χ0n) is 11.8. The van der Waals surface area contributed by atoms with Gasteiger partial charge in [-0.25, -0.2) is 0 Å². The number of rotatable bonds is 4. The van der Waals surface area contributed by atoms with Crippen molar-refractivity contribution in [1.82, 2.24) is 20.3 Å². The van der Waals surface area contributed by atoms with E-state index in [1.807, 2.05) is 61.5 Å². The highest BCUT2D eigenvalue weighted by Crippen LogP contribution is 2.14. The molecule has 0 spiro atoms. The van der Waals surface area contributed by atoms with Gasteiger partial charge in [0.2, 0.25) is 0 Å². The first-order chi connectivity index (χ1) is 10.7. The minimum Gasteiger partial charge on any atom is -0.321 e. The summed E-state index contributed by atoms with van der Waals surface area (Å²) in [7, 11) is 0. The third kappa shape index (κ3) is 3.37. The Bertz CT molecular complexity index is 779. The molecular formula is C15H13BrN6. The number of aromatic nitrogens is 4. The third-order valence-corrected chi connectivity index (χ3v) is 3.52. The smallest absolute Gasteiger partial charge is 0.269 e. The molecule has 0 aliphatic heterocycles. The molecule has 7 heteroatoms. The fourth-order valence-corrected chi connectivity index (χ4v) is 2.13. The molecule has 110 valence electrons. The average molecular weight is 357 g/mol. The molecule has 0 aliphatic rings. The summed E-state index contributed by atoms with van der Waals surface area (Å²) in [4.78, 5) is 1.38. The second kappa shape index (κ2) is 6.48. The van der Waals surface area contributed by atoms with Gasteiger partial charge in [0, 0.05) is 10.2 Å². The summed E-state index contributed by atoms with van der Waals surface area (Å²) >= 11 is 3.42. The number of nitrogens with one attached hydrogen (secondary N) is 1. The zero-order valence-corrected chi connectivity index (χ0v) is 13.4. The van der Waals surface area contributed by atoms with Crippen LogP contribution < -0.4 is 5.32 Å². The van der Waals surface area contributed by atoms with Crippen LogP contribution in [0.5, 0.6) is 0 Å². The minimum atomic E-state index is 0.461. The van der Waals surface area contributed by atoms with E-state index in [1.165, 1.54) is 4.79 Å². The highest BCUT2D eigenvalue weighted by molar-refractivity contribution is 9.10. The normalized spacial score (nSPS) is 11.5. The predicted octanol–water partition coefficient (Wildman–Crippen LogP) is 3.45. The van der Waals surface area contributed by atoms with Gasteiger partial charge in [-0.05, 0) is 47.2 Å². The topological polar surface area (TPSA) is 68.0 Å². The van der Waals surface area contributed by atoms with Crippen molar-refractivity contribution in [2.75, 3.05) is 5.32 Å². The van der Waals surface area contributed by atoms with E-state index in [1.54, 1.807) is 0 Å². The lowest BCUT2D eigenvalue weighted by Gasteiger charge is -2.04. The van der Waals surface area contributed by atoms with Crippen LogP contribution in [0.1, 0.15) is 12.5 Å². The lowest BCUT2D eigenvalue weighted by Crippen LogP contribution is -2.05. The predicted molar refractivity (Wildman–Crippen MR) is 89.3 cm³/mol. The molecule has 0 saturated carbocycles. The Morgan fingerprint density at radius 1 is 1.09 bits per heavy atom. The number of hydrogen-bond acceptors (Lipinski definition) is 5. The van der Waals surface area contributed by atoms with E-state index < -0.39 is 0 Å². The van der Waals surface area contributed by atoms with E-state index in [0.717, 1.165) is 21.4 Å². The Labute approximate surface area is 136 Å². The van der Waals surface area contributed by atoms with Gasteiger partial charge in [0.25, 0.3) is 5.95 Å². The van der Waals surface area contributed by atoms with Crippen molar-refractivity contribution in [1.29, 1.82) is 0 Å². The van der Waals surface area contributed by atoms with E-state index in [4.69, 9.17) is 0 Å². The van der Waals surface area contributed by atoms with Crippen LogP contribution in [-0.4, -0.2) is 26.0 Å². The third-order valence-electron chi connectivity index (χ3n) is 2.99. The van der Waals surface area contributed by atoms with Crippen molar-refractivity contribution in [3.05, 3.63) is 64.6 Å². The van der Waals surface area contributed by atoms with Gasteiger partial charge in [-0.3, -0.25) is 0 Å².